The van der Waals surface area contributed by atoms with Gasteiger partial charge in [0.1, 0.15) is 15.0 Å². The van der Waals surface area contributed by atoms with Crippen LogP contribution in [0.1, 0.15) is 6.92 Å². The highest BCUT2D eigenvalue weighted by molar-refractivity contribution is 7.91. The predicted molar refractivity (Wildman–Crippen MR) is 68.7 cm³/mol. The molecule has 1 rings (SSSR count). The summed E-state index contributed by atoms with van der Waals surface area (Å²) >= 11 is 5.59. The largest absolute Gasteiger partial charge is 0.244 e. The molecule has 0 saturated heterocycles. The summed E-state index contributed by atoms with van der Waals surface area (Å²) in [7, 11) is -7.04. The van der Waals surface area contributed by atoms with Crippen LogP contribution >= 0.6 is 11.6 Å². The molecule has 0 aliphatic heterocycles. The Morgan fingerprint density at radius 3 is 2.50 bits per heavy atom. The van der Waals surface area contributed by atoms with Crippen LogP contribution in [0.25, 0.3) is 0 Å². The zero-order chi connectivity index (χ0) is 14.0. The van der Waals surface area contributed by atoms with Crippen LogP contribution in [0.15, 0.2) is 23.2 Å². The molecule has 1 N–H and O–H groups in total. The van der Waals surface area contributed by atoms with Gasteiger partial charge in [-0.25, -0.2) is 26.5 Å². The van der Waals surface area contributed by atoms with Crippen molar-refractivity contribution in [3.63, 3.8) is 0 Å². The van der Waals surface area contributed by atoms with Gasteiger partial charge in [0.05, 0.1) is 10.6 Å². The van der Waals surface area contributed by atoms with Crippen LogP contribution in [-0.2, 0) is 19.9 Å². The minimum atomic E-state index is -3.79. The maximum absolute atomic E-state index is 11.9. The summed E-state index contributed by atoms with van der Waals surface area (Å²) in [6.45, 7) is 1.47. The van der Waals surface area contributed by atoms with E-state index >= 15 is 0 Å². The lowest BCUT2D eigenvalue weighted by Crippen LogP contribution is -2.37. The highest BCUT2D eigenvalue weighted by Crippen LogP contribution is 2.13. The number of nitrogens with zero attached hydrogens (tertiary/aromatic N) is 1. The van der Waals surface area contributed by atoms with Crippen LogP contribution in [0.4, 0.5) is 0 Å². The van der Waals surface area contributed by atoms with Gasteiger partial charge in [0, 0.05) is 18.5 Å². The first-order chi connectivity index (χ1) is 8.10. The van der Waals surface area contributed by atoms with Crippen molar-refractivity contribution in [3.8, 4) is 0 Å². The van der Waals surface area contributed by atoms with Gasteiger partial charge in [-0.2, -0.15) is 0 Å². The third kappa shape index (κ3) is 4.89. The molecule has 0 bridgehead atoms. The second-order valence-electron chi connectivity index (χ2n) is 3.93. The third-order valence-electron chi connectivity index (χ3n) is 1.92. The number of rotatable bonds is 5. The standard InChI is InChI=1S/C9H13ClN2O4S2/c1-7(6-17(2,13)14)12-18(15,16)8-3-4-11-9(10)5-8/h3-5,7,12H,6H2,1-2H3. The quantitative estimate of drug-likeness (QED) is 0.797. The van der Waals surface area contributed by atoms with Gasteiger partial charge in [0.25, 0.3) is 0 Å². The summed E-state index contributed by atoms with van der Waals surface area (Å²) < 4.78 is 48.1. The molecule has 0 fully saturated rings. The number of hydrogen-bond donors (Lipinski definition) is 1. The van der Waals surface area contributed by atoms with Gasteiger partial charge >= 0.3 is 0 Å². The Morgan fingerprint density at radius 2 is 2.00 bits per heavy atom. The van der Waals surface area contributed by atoms with E-state index in [4.69, 9.17) is 11.6 Å². The molecule has 1 aromatic rings. The SMILES string of the molecule is CC(CS(C)(=O)=O)NS(=O)(=O)c1ccnc(Cl)c1. The number of hydrogen-bond acceptors (Lipinski definition) is 5. The van der Waals surface area contributed by atoms with Gasteiger partial charge in [0.2, 0.25) is 10.0 Å². The Bertz CT molecular complexity index is 628. The molecule has 9 heteroatoms. The Kier molecular flexibility index (Phi) is 4.71. The molecule has 1 aromatic heterocycles. The van der Waals surface area contributed by atoms with E-state index in [1.54, 1.807) is 0 Å². The highest BCUT2D eigenvalue weighted by atomic mass is 35.5. The van der Waals surface area contributed by atoms with Crippen LogP contribution < -0.4 is 4.72 Å². The van der Waals surface area contributed by atoms with Crippen LogP contribution in [0.5, 0.6) is 0 Å². The first kappa shape index (κ1) is 15.4. The van der Waals surface area contributed by atoms with Crippen molar-refractivity contribution in [2.45, 2.75) is 17.9 Å². The smallest absolute Gasteiger partial charge is 0.241 e. The van der Waals surface area contributed by atoms with E-state index in [0.717, 1.165) is 6.26 Å². The van der Waals surface area contributed by atoms with E-state index in [1.807, 2.05) is 0 Å². The fraction of sp³-hybridized carbons (Fsp3) is 0.444. The highest BCUT2D eigenvalue weighted by Gasteiger charge is 2.20. The second kappa shape index (κ2) is 5.52. The Hall–Kier alpha value is -0.700. The number of pyridine rings is 1. The normalized spacial score (nSPS) is 14.4. The van der Waals surface area contributed by atoms with Crippen LogP contribution in [0.2, 0.25) is 5.15 Å². The molecule has 0 amide bonds. The van der Waals surface area contributed by atoms with Crippen LogP contribution in [0, 0.1) is 0 Å². The number of sulfonamides is 1. The van der Waals surface area contributed by atoms with Crippen molar-refractivity contribution in [2.75, 3.05) is 12.0 Å². The molecule has 1 heterocycles. The molecule has 0 saturated carbocycles. The summed E-state index contributed by atoms with van der Waals surface area (Å²) in [5.74, 6) is -0.273. The molecule has 0 aromatic carbocycles. The molecule has 1 unspecified atom stereocenters. The average molecular weight is 313 g/mol. The average Bonchev–Trinajstić information content (AvgIpc) is 2.13. The Morgan fingerprint density at radius 1 is 1.39 bits per heavy atom. The Labute approximate surface area is 111 Å². The van der Waals surface area contributed by atoms with E-state index < -0.39 is 25.9 Å². The zero-order valence-electron chi connectivity index (χ0n) is 9.79. The second-order valence-corrected chi connectivity index (χ2v) is 8.22. The van der Waals surface area contributed by atoms with Crippen LogP contribution in [-0.4, -0.2) is 39.9 Å². The summed E-state index contributed by atoms with van der Waals surface area (Å²) in [6, 6.07) is 1.75. The van der Waals surface area contributed by atoms with E-state index in [9.17, 15) is 16.8 Å². The molecule has 0 aliphatic rings. The molecule has 102 valence electrons. The van der Waals surface area contributed by atoms with Crippen molar-refractivity contribution in [1.29, 1.82) is 0 Å². The van der Waals surface area contributed by atoms with E-state index in [-0.39, 0.29) is 15.8 Å². The lowest BCUT2D eigenvalue weighted by Gasteiger charge is -2.13. The van der Waals surface area contributed by atoms with E-state index in [1.165, 1.54) is 25.3 Å². The number of halogens is 1. The van der Waals surface area contributed by atoms with Gasteiger partial charge in [-0.15, -0.1) is 0 Å². The van der Waals surface area contributed by atoms with Gasteiger partial charge in [-0.1, -0.05) is 11.6 Å². The Balaban J connectivity index is 2.89. The fourth-order valence-electron chi connectivity index (χ4n) is 1.37. The van der Waals surface area contributed by atoms with Crippen molar-refractivity contribution in [1.82, 2.24) is 9.71 Å². The molecule has 18 heavy (non-hydrogen) atoms. The van der Waals surface area contributed by atoms with Crippen molar-refractivity contribution >= 4 is 31.5 Å². The maximum Gasteiger partial charge on any atom is 0.241 e. The molecule has 0 aliphatic carbocycles. The van der Waals surface area contributed by atoms with Gasteiger partial charge in [0.15, 0.2) is 0 Å². The summed E-state index contributed by atoms with van der Waals surface area (Å²) in [4.78, 5) is 3.62. The lowest BCUT2D eigenvalue weighted by atomic mass is 10.4. The number of nitrogens with one attached hydrogen (secondary N) is 1. The third-order valence-corrected chi connectivity index (χ3v) is 4.82. The van der Waals surface area contributed by atoms with Crippen molar-refractivity contribution < 1.29 is 16.8 Å². The number of sulfone groups is 1. The monoisotopic (exact) mass is 312 g/mol. The van der Waals surface area contributed by atoms with Gasteiger partial charge in [-0.3, -0.25) is 0 Å². The van der Waals surface area contributed by atoms with Crippen molar-refractivity contribution in [2.24, 2.45) is 0 Å². The minimum Gasteiger partial charge on any atom is -0.244 e. The molecular weight excluding hydrogens is 300 g/mol. The summed E-state index contributed by atoms with van der Waals surface area (Å²) in [5, 5.41) is 0.0497. The zero-order valence-corrected chi connectivity index (χ0v) is 12.2. The lowest BCUT2D eigenvalue weighted by molar-refractivity contribution is 0.564. The van der Waals surface area contributed by atoms with Gasteiger partial charge in [-0.05, 0) is 19.1 Å². The molecule has 0 spiro atoms. The molecule has 0 radical (unpaired) electrons. The van der Waals surface area contributed by atoms with Crippen molar-refractivity contribution in [3.05, 3.63) is 23.5 Å². The molecule has 6 nitrogen and oxygen atoms in total. The first-order valence-corrected chi connectivity index (χ1v) is 8.84. The number of aromatic nitrogens is 1. The summed E-state index contributed by atoms with van der Waals surface area (Å²) in [5.41, 5.74) is 0. The van der Waals surface area contributed by atoms with E-state index in [0.29, 0.717) is 0 Å². The first-order valence-electron chi connectivity index (χ1n) is 4.92. The predicted octanol–water partition coefficient (Wildman–Crippen LogP) is 0.446. The topological polar surface area (TPSA) is 93.2 Å². The van der Waals surface area contributed by atoms with E-state index in [2.05, 4.69) is 9.71 Å². The van der Waals surface area contributed by atoms with Crippen LogP contribution in [0.3, 0.4) is 0 Å². The molecule has 1 atom stereocenters. The summed E-state index contributed by atoms with van der Waals surface area (Å²) in [6.07, 6.45) is 2.30. The maximum atomic E-state index is 11.9. The minimum absolute atomic E-state index is 0.0497. The molecular formula is C9H13ClN2O4S2. The van der Waals surface area contributed by atoms with Gasteiger partial charge < -0.3 is 0 Å². The fourth-order valence-corrected chi connectivity index (χ4v) is 3.96.